The number of thioether (sulfide) groups is 1. The summed E-state index contributed by atoms with van der Waals surface area (Å²) in [6.07, 6.45) is 0.975. The third kappa shape index (κ3) is 21.6. The van der Waals surface area contributed by atoms with Crippen LogP contribution >= 0.6 is 11.8 Å². The van der Waals surface area contributed by atoms with E-state index < -0.39 is 75.9 Å². The average molecular weight is 1110 g/mol. The van der Waals surface area contributed by atoms with Crippen molar-refractivity contribution in [1.82, 2.24) is 62.1 Å². The Morgan fingerprint density at radius 3 is 1.31 bits per heavy atom. The van der Waals surface area contributed by atoms with E-state index in [1.165, 1.54) is 16.6 Å². The third-order valence-electron chi connectivity index (χ3n) is 10.4. The first-order valence-electron chi connectivity index (χ1n) is 23.7. The van der Waals surface area contributed by atoms with Crippen LogP contribution in [0.4, 0.5) is 19.2 Å². The zero-order valence-electron chi connectivity index (χ0n) is 46.9. The predicted octanol–water partition coefficient (Wildman–Crippen LogP) is 1.21. The monoisotopic (exact) mass is 1110 g/mol. The Morgan fingerprint density at radius 1 is 0.571 bits per heavy atom. The Bertz CT molecular complexity index is 2460. The van der Waals surface area contributed by atoms with Gasteiger partial charge in [-0.25, -0.2) is 33.4 Å². The molecule has 77 heavy (non-hydrogen) atoms. The topological polar surface area (TPSA) is 399 Å². The fourth-order valence-electron chi connectivity index (χ4n) is 6.62. The Hall–Kier alpha value is -7.53. The van der Waals surface area contributed by atoms with Gasteiger partial charge in [-0.2, -0.15) is 15.6 Å². The van der Waals surface area contributed by atoms with Crippen molar-refractivity contribution in [3.05, 3.63) is 27.0 Å². The number of nitrogens with one attached hydrogen (secondary N) is 8. The molecule has 0 aromatic carbocycles. The summed E-state index contributed by atoms with van der Waals surface area (Å²) in [6, 6.07) is -1.82. The Labute approximate surface area is 448 Å². The van der Waals surface area contributed by atoms with Crippen molar-refractivity contribution in [2.24, 2.45) is 33.5 Å². The maximum atomic E-state index is 11.3. The molecule has 6 aliphatic rings. The zero-order chi connectivity index (χ0) is 60.3. The average Bonchev–Trinajstić information content (AvgIpc) is 4.02. The van der Waals surface area contributed by atoms with E-state index in [1.54, 1.807) is 20.8 Å². The van der Waals surface area contributed by atoms with Gasteiger partial charge in [0, 0.05) is 12.6 Å². The number of aromatic amines is 1. The van der Waals surface area contributed by atoms with Gasteiger partial charge in [-0.15, -0.1) is 0 Å². The van der Waals surface area contributed by atoms with Crippen molar-refractivity contribution in [2.45, 2.75) is 153 Å². The van der Waals surface area contributed by atoms with Crippen molar-refractivity contribution in [3.63, 3.8) is 0 Å². The molecule has 0 bridgehead atoms. The Morgan fingerprint density at radius 2 is 1.08 bits per heavy atom. The number of carbonyl (C=O) groups is 13. The van der Waals surface area contributed by atoms with Gasteiger partial charge in [-0.05, 0) is 63.2 Å². The second-order valence-electron chi connectivity index (χ2n) is 23.9. The standard InChI is InChI=1S/C8H12N2O3.C7H11N3O2.2C7H12N2O2.C7H11NO3.C7H11NO2S.C4H5NO3/c1-8(2,3)4-5(11)9-7(13)10-6(4)12;1-7(2,3)10-6(12)9-5(11)4-8-10;1-7(2,3)9-4-5(10)8-6(9)11;1-7(2,3)4-5(10)9-6(11)8-4;1-7(2,3)4-5(9)8-11-6(4)10;1-7(2,3)4-5(9)8-6(10)11-4;1-5-3(6)2-4(7)8-5/h4H,1-3H3,(H2,9,10,11,12,13);4H,1-3H3,(H,9,11,12);4H2,1-3H3,(H,8,10,11);4H,1-3H3,(H2,8,9,10,11);4H,1-3H3,(H,8,9);4H,1-3H3,(H,8,9,10);2H2,1H3. The number of hydrogen-bond acceptors (Lipinski definition) is 19. The van der Waals surface area contributed by atoms with E-state index in [9.17, 15) is 71.9 Å². The molecular formula is C47H74N12O17S. The SMILES string of the molecule is CC(C)(C)C1C(=O)NC(=O)NC1=O.CC(C)(C)C1C(=O)NOC1=O.CC(C)(C)C1NC(=O)NC1=O.CC(C)(C)C1SC(=O)NC1=O.CC(C)(C)N1CC(=O)NC1=O.CC(C)(C)n1ncc(=O)[nH]c1=O.CN1OC(=O)CC1=O. The van der Waals surface area contributed by atoms with Gasteiger partial charge in [0.1, 0.15) is 37.0 Å². The molecule has 1 aromatic rings. The summed E-state index contributed by atoms with van der Waals surface area (Å²) < 4.78 is 1.23. The molecule has 8 N–H and O–H groups in total. The molecule has 7 heterocycles. The molecule has 0 radical (unpaired) electrons. The van der Waals surface area contributed by atoms with Crippen LogP contribution in [0.3, 0.4) is 0 Å². The molecule has 0 saturated carbocycles. The first kappa shape index (κ1) is 67.5. The van der Waals surface area contributed by atoms with Gasteiger partial charge < -0.3 is 19.9 Å². The summed E-state index contributed by atoms with van der Waals surface area (Å²) >= 11 is 1.08. The fraction of sp³-hybridized carbons (Fsp3) is 0.660. The Balaban J connectivity index is 0.000000451. The first-order chi connectivity index (χ1) is 34.6. The molecule has 0 aliphatic carbocycles. The van der Waals surface area contributed by atoms with Crippen molar-refractivity contribution in [3.8, 4) is 0 Å². The van der Waals surface area contributed by atoms with Crippen LogP contribution in [-0.4, -0.2) is 132 Å². The highest BCUT2D eigenvalue weighted by molar-refractivity contribution is 8.15. The number of barbiturate groups is 1. The van der Waals surface area contributed by atoms with E-state index in [0.717, 1.165) is 23.0 Å². The smallest absolute Gasteiger partial charge is 0.340 e. The summed E-state index contributed by atoms with van der Waals surface area (Å²) in [6.45, 7) is 33.7. The highest BCUT2D eigenvalue weighted by atomic mass is 32.2. The predicted molar refractivity (Wildman–Crippen MR) is 274 cm³/mol. The number of hydrogen-bond donors (Lipinski definition) is 8. The molecule has 3 unspecified atom stereocenters. The molecule has 6 fully saturated rings. The van der Waals surface area contributed by atoms with E-state index in [-0.39, 0.29) is 80.8 Å². The van der Waals surface area contributed by atoms with Crippen molar-refractivity contribution >= 4 is 88.4 Å². The number of H-pyrrole nitrogens is 1. The van der Waals surface area contributed by atoms with Crippen LogP contribution in [0.5, 0.6) is 0 Å². The highest BCUT2D eigenvalue weighted by Crippen LogP contribution is 2.34. The number of aromatic nitrogens is 3. The molecule has 430 valence electrons. The summed E-state index contributed by atoms with van der Waals surface area (Å²) in [5.41, 5.74) is -0.771. The van der Waals surface area contributed by atoms with Crippen LogP contribution in [0.25, 0.3) is 0 Å². The number of carbonyl (C=O) groups excluding carboxylic acids is 13. The van der Waals surface area contributed by atoms with Crippen molar-refractivity contribution in [1.29, 1.82) is 0 Å². The lowest BCUT2D eigenvalue weighted by atomic mass is 9.79. The minimum absolute atomic E-state index is 0.115. The number of imide groups is 5. The molecule has 6 aliphatic heterocycles. The first-order valence-corrected chi connectivity index (χ1v) is 24.5. The Kier molecular flexibility index (Phi) is 22.8. The zero-order valence-corrected chi connectivity index (χ0v) is 47.8. The van der Waals surface area contributed by atoms with Crippen LogP contribution in [0.1, 0.15) is 131 Å². The second kappa shape index (κ2) is 26.0. The summed E-state index contributed by atoms with van der Waals surface area (Å²) in [5, 5.41) is 17.5. The number of amides is 14. The lowest BCUT2D eigenvalue weighted by Crippen LogP contribution is -2.59. The largest absolute Gasteiger partial charge is 0.345 e. The van der Waals surface area contributed by atoms with Gasteiger partial charge in [0.05, 0.1) is 10.8 Å². The molecule has 7 rings (SSSR count). The number of rotatable bonds is 0. The summed E-state index contributed by atoms with van der Waals surface area (Å²) in [5.74, 6) is -4.72. The van der Waals surface area contributed by atoms with Crippen LogP contribution in [0.15, 0.2) is 15.8 Å². The van der Waals surface area contributed by atoms with E-state index in [2.05, 4.69) is 51.7 Å². The maximum absolute atomic E-state index is 11.3. The van der Waals surface area contributed by atoms with Crippen LogP contribution in [0.2, 0.25) is 0 Å². The fourth-order valence-corrected chi connectivity index (χ4v) is 7.51. The molecule has 6 saturated heterocycles. The number of urea groups is 3. The highest BCUT2D eigenvalue weighted by Gasteiger charge is 2.45. The van der Waals surface area contributed by atoms with Gasteiger partial charge in [-0.1, -0.05) is 94.8 Å². The number of hydroxylamine groups is 3. The maximum Gasteiger partial charge on any atom is 0.345 e. The van der Waals surface area contributed by atoms with Gasteiger partial charge in [0.2, 0.25) is 23.6 Å². The molecule has 0 spiro atoms. The normalized spacial score (nSPS) is 20.6. The molecule has 3 atom stereocenters. The van der Waals surface area contributed by atoms with Crippen molar-refractivity contribution < 1.29 is 72.0 Å². The van der Waals surface area contributed by atoms with E-state index in [1.807, 2.05) is 109 Å². The lowest BCUT2D eigenvalue weighted by Gasteiger charge is -2.30. The summed E-state index contributed by atoms with van der Waals surface area (Å²) in [4.78, 5) is 175. The molecule has 1 aromatic heterocycles. The lowest BCUT2D eigenvalue weighted by molar-refractivity contribution is -0.172. The quantitative estimate of drug-likeness (QED) is 0.134. The van der Waals surface area contributed by atoms with Gasteiger partial charge in [0.25, 0.3) is 28.5 Å². The minimum Gasteiger partial charge on any atom is -0.340 e. The third-order valence-corrected chi connectivity index (χ3v) is 11.9. The molecule has 30 heteroatoms. The summed E-state index contributed by atoms with van der Waals surface area (Å²) in [7, 11) is 1.41. The van der Waals surface area contributed by atoms with E-state index in [4.69, 9.17) is 0 Å². The molecule has 14 amide bonds. The van der Waals surface area contributed by atoms with E-state index in [0.29, 0.717) is 0 Å². The van der Waals surface area contributed by atoms with Crippen LogP contribution in [0, 0.1) is 33.5 Å². The van der Waals surface area contributed by atoms with Crippen LogP contribution in [-0.2, 0) is 58.4 Å². The second-order valence-corrected chi connectivity index (χ2v) is 24.9. The van der Waals surface area contributed by atoms with E-state index >= 15 is 0 Å². The van der Waals surface area contributed by atoms with Gasteiger partial charge in [-0.3, -0.25) is 74.7 Å². The van der Waals surface area contributed by atoms with Gasteiger partial charge >= 0.3 is 35.7 Å². The van der Waals surface area contributed by atoms with Crippen LogP contribution < -0.4 is 48.6 Å². The number of nitrogens with zero attached hydrogens (tertiary/aromatic N) is 4. The van der Waals surface area contributed by atoms with Gasteiger partial charge in [0.15, 0.2) is 0 Å². The minimum atomic E-state index is -0.801. The molecular weight excluding hydrogens is 1040 g/mol. The molecule has 29 nitrogen and oxygen atoms in total. The van der Waals surface area contributed by atoms with Crippen molar-refractivity contribution in [2.75, 3.05) is 13.6 Å².